The fraction of sp³-hybridized carbons (Fsp3) is 0.321. The Labute approximate surface area is 227 Å². The predicted molar refractivity (Wildman–Crippen MR) is 139 cm³/mol. The number of hydrogen-bond acceptors (Lipinski definition) is 6. The minimum atomic E-state index is -4.47. The van der Waals surface area contributed by atoms with Crippen molar-refractivity contribution in [2.45, 2.75) is 49.8 Å². The first-order chi connectivity index (χ1) is 19.2. The quantitative estimate of drug-likeness (QED) is 0.341. The minimum absolute atomic E-state index is 0.0926. The van der Waals surface area contributed by atoms with E-state index in [1.165, 1.54) is 12.1 Å². The van der Waals surface area contributed by atoms with Gasteiger partial charge in [0, 0.05) is 29.1 Å². The van der Waals surface area contributed by atoms with E-state index in [0.29, 0.717) is 17.9 Å². The molecule has 0 spiro atoms. The number of alkyl halides is 3. The molecular formula is C28H27F3N4O5. The molecule has 1 aromatic heterocycles. The van der Waals surface area contributed by atoms with Crippen molar-refractivity contribution in [3.63, 3.8) is 0 Å². The van der Waals surface area contributed by atoms with Crippen molar-refractivity contribution in [3.05, 3.63) is 83.7 Å². The van der Waals surface area contributed by atoms with Crippen LogP contribution in [0.15, 0.2) is 66.9 Å². The molecule has 9 nitrogen and oxygen atoms in total. The number of nitrogens with one attached hydrogen (secondary N) is 3. The maximum absolute atomic E-state index is 12.8. The topological polar surface area (TPSA) is 122 Å². The van der Waals surface area contributed by atoms with E-state index in [9.17, 15) is 27.9 Å². The van der Waals surface area contributed by atoms with E-state index in [2.05, 4.69) is 20.9 Å². The summed E-state index contributed by atoms with van der Waals surface area (Å²) in [6.07, 6.45) is -3.81. The number of urea groups is 1. The summed E-state index contributed by atoms with van der Waals surface area (Å²) in [5.74, 6) is 0.195. The van der Waals surface area contributed by atoms with Crippen molar-refractivity contribution < 1.29 is 37.3 Å². The maximum Gasteiger partial charge on any atom is 0.416 e. The number of aromatic nitrogens is 1. The highest BCUT2D eigenvalue weighted by molar-refractivity contribution is 5.99. The standard InChI is InChI=1S/C28H27F3N4O5/c29-28(30,31)16-4-6-17(7-5-16)34-27(38)35-18-8-9-23-21(11-18)22-12-20(39-24(15-36)26(22)40-23)13-25(37)33-14-19-3-1-2-10-32-19/h1-11,20,22,24,26,36H,12-15H2,(H,33,37)(H2,34,35,38)/t20-,22+,24+,26-/m1/s1. The normalized spacial score (nSPS) is 21.5. The molecule has 0 aliphatic carbocycles. The van der Waals surface area contributed by atoms with Crippen LogP contribution in [-0.2, 0) is 22.3 Å². The van der Waals surface area contributed by atoms with E-state index in [0.717, 1.165) is 23.4 Å². The maximum atomic E-state index is 12.8. The lowest BCUT2D eigenvalue weighted by Gasteiger charge is -2.37. The zero-order chi connectivity index (χ0) is 28.3. The molecule has 1 fully saturated rings. The summed E-state index contributed by atoms with van der Waals surface area (Å²) in [5.41, 5.74) is 1.37. The van der Waals surface area contributed by atoms with Crippen molar-refractivity contribution >= 4 is 23.3 Å². The highest BCUT2D eigenvalue weighted by atomic mass is 19.4. The Bertz CT molecular complexity index is 1350. The van der Waals surface area contributed by atoms with Gasteiger partial charge in [0.15, 0.2) is 0 Å². The van der Waals surface area contributed by atoms with E-state index >= 15 is 0 Å². The number of nitrogens with zero attached hydrogens (tertiary/aromatic N) is 1. The van der Waals surface area contributed by atoms with Gasteiger partial charge in [-0.05, 0) is 61.0 Å². The summed E-state index contributed by atoms with van der Waals surface area (Å²) in [4.78, 5) is 29.3. The molecule has 0 bridgehead atoms. The minimum Gasteiger partial charge on any atom is -0.487 e. The number of aliphatic hydroxyl groups is 1. The molecule has 0 saturated carbocycles. The molecule has 2 aromatic carbocycles. The van der Waals surface area contributed by atoms with Crippen molar-refractivity contribution in [2.75, 3.05) is 17.2 Å². The Morgan fingerprint density at radius 2 is 1.77 bits per heavy atom. The average Bonchev–Trinajstić information content (AvgIpc) is 3.30. The van der Waals surface area contributed by atoms with E-state index in [1.807, 2.05) is 12.1 Å². The zero-order valence-electron chi connectivity index (χ0n) is 21.1. The third kappa shape index (κ3) is 6.35. The summed E-state index contributed by atoms with van der Waals surface area (Å²) in [7, 11) is 0. The summed E-state index contributed by atoms with van der Waals surface area (Å²) >= 11 is 0. The lowest BCUT2D eigenvalue weighted by atomic mass is 9.84. The molecule has 4 atom stereocenters. The molecule has 3 aromatic rings. The first kappa shape index (κ1) is 27.4. The Morgan fingerprint density at radius 3 is 2.48 bits per heavy atom. The molecule has 2 aliphatic heterocycles. The fourth-order valence-corrected chi connectivity index (χ4v) is 4.97. The van der Waals surface area contributed by atoms with Crippen LogP contribution in [0.5, 0.6) is 5.75 Å². The van der Waals surface area contributed by atoms with Gasteiger partial charge >= 0.3 is 12.2 Å². The number of pyridine rings is 1. The van der Waals surface area contributed by atoms with Gasteiger partial charge in [-0.1, -0.05) is 6.07 Å². The molecule has 1 saturated heterocycles. The number of amides is 3. The van der Waals surface area contributed by atoms with Crippen LogP contribution in [0.4, 0.5) is 29.3 Å². The number of hydrogen-bond donors (Lipinski definition) is 4. The Balaban J connectivity index is 1.22. The van der Waals surface area contributed by atoms with Gasteiger partial charge in [-0.2, -0.15) is 13.2 Å². The van der Waals surface area contributed by atoms with E-state index in [4.69, 9.17) is 9.47 Å². The lowest BCUT2D eigenvalue weighted by Crippen LogP contribution is -2.47. The van der Waals surface area contributed by atoms with Crippen LogP contribution >= 0.6 is 0 Å². The number of carbonyl (C=O) groups is 2. The van der Waals surface area contributed by atoms with Crippen LogP contribution in [0.3, 0.4) is 0 Å². The molecule has 210 valence electrons. The van der Waals surface area contributed by atoms with Crippen LogP contribution in [0.25, 0.3) is 0 Å². The summed E-state index contributed by atoms with van der Waals surface area (Å²) in [6, 6.07) is 14.0. The van der Waals surface area contributed by atoms with E-state index in [-0.39, 0.29) is 37.1 Å². The fourth-order valence-electron chi connectivity index (χ4n) is 4.97. The van der Waals surface area contributed by atoms with Crippen molar-refractivity contribution in [1.82, 2.24) is 10.3 Å². The molecule has 40 heavy (non-hydrogen) atoms. The molecule has 12 heteroatoms. The van der Waals surface area contributed by atoms with Gasteiger partial charge in [0.25, 0.3) is 0 Å². The number of aliphatic hydroxyl groups excluding tert-OH is 1. The number of carbonyl (C=O) groups excluding carboxylic acids is 2. The summed E-state index contributed by atoms with van der Waals surface area (Å²) in [6.45, 7) is -0.000756. The highest BCUT2D eigenvalue weighted by Gasteiger charge is 2.46. The molecule has 0 unspecified atom stereocenters. The third-order valence-corrected chi connectivity index (χ3v) is 6.83. The van der Waals surface area contributed by atoms with Crippen molar-refractivity contribution in [2.24, 2.45) is 0 Å². The smallest absolute Gasteiger partial charge is 0.416 e. The number of benzene rings is 2. The average molecular weight is 557 g/mol. The van der Waals surface area contributed by atoms with Gasteiger partial charge in [0.1, 0.15) is 18.0 Å². The highest BCUT2D eigenvalue weighted by Crippen LogP contribution is 2.47. The monoisotopic (exact) mass is 556 g/mol. The molecule has 4 N–H and O–H groups in total. The Kier molecular flexibility index (Phi) is 7.90. The number of fused-ring (bicyclic) bond motifs is 3. The van der Waals surface area contributed by atoms with Gasteiger partial charge in [-0.15, -0.1) is 0 Å². The zero-order valence-corrected chi connectivity index (χ0v) is 21.1. The number of halogens is 3. The first-order valence-corrected chi connectivity index (χ1v) is 12.7. The van der Waals surface area contributed by atoms with E-state index < -0.39 is 36.1 Å². The van der Waals surface area contributed by atoms with Gasteiger partial charge in [-0.25, -0.2) is 4.79 Å². The number of anilines is 2. The summed E-state index contributed by atoms with van der Waals surface area (Å²) in [5, 5.41) is 18.0. The lowest BCUT2D eigenvalue weighted by molar-refractivity contribution is -0.142. The molecule has 2 aliphatic rings. The molecular weight excluding hydrogens is 529 g/mol. The molecule has 5 rings (SSSR count). The van der Waals surface area contributed by atoms with Gasteiger partial charge in [-0.3, -0.25) is 9.78 Å². The Morgan fingerprint density at radius 1 is 1.02 bits per heavy atom. The van der Waals surface area contributed by atoms with Gasteiger partial charge < -0.3 is 30.5 Å². The van der Waals surface area contributed by atoms with E-state index in [1.54, 1.807) is 30.5 Å². The van der Waals surface area contributed by atoms with Crippen LogP contribution in [0.2, 0.25) is 0 Å². The Hall–Kier alpha value is -4.16. The van der Waals surface area contributed by atoms with Gasteiger partial charge in [0.05, 0.1) is 36.9 Å². The predicted octanol–water partition coefficient (Wildman–Crippen LogP) is 4.45. The number of rotatable bonds is 7. The number of ether oxygens (including phenoxy) is 2. The molecule has 3 heterocycles. The van der Waals surface area contributed by atoms with Crippen LogP contribution in [0, 0.1) is 0 Å². The largest absolute Gasteiger partial charge is 0.487 e. The SMILES string of the molecule is O=C(C[C@H]1C[C@H]2c3cc(NC(=O)Nc4ccc(C(F)(F)F)cc4)ccc3O[C@H]2[C@H](CO)O1)NCc1ccccn1. The second-order valence-corrected chi connectivity index (χ2v) is 9.61. The van der Waals surface area contributed by atoms with Gasteiger partial charge in [0.2, 0.25) is 5.91 Å². The van der Waals surface area contributed by atoms with Crippen LogP contribution in [0.1, 0.15) is 35.6 Å². The third-order valence-electron chi connectivity index (χ3n) is 6.83. The second kappa shape index (κ2) is 11.5. The first-order valence-electron chi connectivity index (χ1n) is 12.7. The van der Waals surface area contributed by atoms with Crippen LogP contribution < -0.4 is 20.7 Å². The second-order valence-electron chi connectivity index (χ2n) is 9.61. The van der Waals surface area contributed by atoms with Crippen LogP contribution in [-0.4, -0.2) is 46.9 Å². The summed E-state index contributed by atoms with van der Waals surface area (Å²) < 4.78 is 50.4. The van der Waals surface area contributed by atoms with Crippen molar-refractivity contribution in [1.29, 1.82) is 0 Å². The van der Waals surface area contributed by atoms with Crippen molar-refractivity contribution in [3.8, 4) is 5.75 Å². The molecule has 0 radical (unpaired) electrons. The molecule has 3 amide bonds.